The third kappa shape index (κ3) is 3.90. The fourth-order valence-corrected chi connectivity index (χ4v) is 2.94. The summed E-state index contributed by atoms with van der Waals surface area (Å²) in [5, 5.41) is 14.1. The predicted molar refractivity (Wildman–Crippen MR) is 88.0 cm³/mol. The van der Waals surface area contributed by atoms with Crippen LogP contribution in [0.2, 0.25) is 0 Å². The van der Waals surface area contributed by atoms with Crippen LogP contribution in [0.1, 0.15) is 17.1 Å². The lowest BCUT2D eigenvalue weighted by molar-refractivity contribution is -0.141. The van der Waals surface area contributed by atoms with Crippen molar-refractivity contribution in [1.82, 2.24) is 15.1 Å². The maximum atomic E-state index is 13.1. The summed E-state index contributed by atoms with van der Waals surface area (Å²) in [6.45, 7) is 2.35. The van der Waals surface area contributed by atoms with Gasteiger partial charge in [0, 0.05) is 51.7 Å². The van der Waals surface area contributed by atoms with Gasteiger partial charge in [0.15, 0.2) is 5.69 Å². The highest BCUT2D eigenvalue weighted by atomic mass is 19.4. The van der Waals surface area contributed by atoms with Gasteiger partial charge in [-0.1, -0.05) is 5.16 Å². The summed E-state index contributed by atoms with van der Waals surface area (Å²) >= 11 is 0. The van der Waals surface area contributed by atoms with Crippen molar-refractivity contribution in [1.29, 1.82) is 0 Å². The summed E-state index contributed by atoms with van der Waals surface area (Å²) in [7, 11) is 3.15. The van der Waals surface area contributed by atoms with Crippen molar-refractivity contribution < 1.29 is 22.8 Å². The normalized spacial score (nSPS) is 20.7. The molecule has 7 nitrogen and oxygen atoms in total. The Bertz CT molecular complexity index is 777. The topological polar surface area (TPSA) is 78.5 Å². The maximum absolute atomic E-state index is 13.1. The van der Waals surface area contributed by atoms with Crippen molar-refractivity contribution in [2.45, 2.75) is 25.6 Å². The van der Waals surface area contributed by atoms with Crippen LogP contribution in [0.15, 0.2) is 16.7 Å². The molecule has 3 heterocycles. The Labute approximate surface area is 148 Å². The molecule has 0 amide bonds. The lowest BCUT2D eigenvalue weighted by Gasteiger charge is -2.21. The lowest BCUT2D eigenvalue weighted by atomic mass is 10.0. The van der Waals surface area contributed by atoms with Crippen molar-refractivity contribution in [3.8, 4) is 0 Å². The van der Waals surface area contributed by atoms with Gasteiger partial charge in [0.05, 0.1) is 11.8 Å². The molecule has 0 saturated carbocycles. The van der Waals surface area contributed by atoms with Crippen LogP contribution in [-0.4, -0.2) is 53.5 Å². The van der Waals surface area contributed by atoms with E-state index in [1.165, 1.54) is 4.90 Å². The van der Waals surface area contributed by atoms with Gasteiger partial charge in [0.25, 0.3) is 0 Å². The van der Waals surface area contributed by atoms with Crippen LogP contribution in [0, 0.1) is 12.8 Å². The molecule has 2 aromatic heterocycles. The molecule has 1 aliphatic rings. The summed E-state index contributed by atoms with van der Waals surface area (Å²) in [6, 6.07) is 2.70. The van der Waals surface area contributed by atoms with Gasteiger partial charge in [-0.3, -0.25) is 0 Å². The molecule has 1 fully saturated rings. The van der Waals surface area contributed by atoms with Crippen molar-refractivity contribution in [3.05, 3.63) is 29.3 Å². The molecule has 0 unspecified atom stereocenters. The van der Waals surface area contributed by atoms with Gasteiger partial charge in [-0.15, -0.1) is 0 Å². The van der Waals surface area contributed by atoms with Crippen molar-refractivity contribution in [3.63, 3.8) is 0 Å². The summed E-state index contributed by atoms with van der Waals surface area (Å²) in [6.07, 6.45) is -4.82. The molecule has 0 radical (unpaired) electrons. The van der Waals surface area contributed by atoms with E-state index < -0.39 is 18.0 Å². The van der Waals surface area contributed by atoms with Crippen LogP contribution in [0.25, 0.3) is 0 Å². The van der Waals surface area contributed by atoms with Crippen LogP contribution in [0.3, 0.4) is 0 Å². The summed E-state index contributed by atoms with van der Waals surface area (Å²) < 4.78 is 44.6. The standard InChI is InChI=1S/C16H20F3N5O2/c1-9-4-11(26-22-9)5-10-7-24(8-12(10)25)14-6-13(16(17,18)19)20-15(21-14)23(2)3/h4,6,10,12,25H,5,7-8H2,1-3H3/t10-,12+/m1/s1. The number of nitrogens with zero attached hydrogens (tertiary/aromatic N) is 5. The van der Waals surface area contributed by atoms with Crippen LogP contribution < -0.4 is 9.80 Å². The number of aryl methyl sites for hydroxylation is 1. The number of aliphatic hydroxyl groups is 1. The molecule has 0 spiro atoms. The number of β-amino-alcohol motifs (C(OH)–C–C–N with tert-alkyl or cyclic N) is 1. The molecule has 0 aromatic carbocycles. The average Bonchev–Trinajstić information content (AvgIpc) is 3.12. The third-order valence-electron chi connectivity index (χ3n) is 4.26. The van der Waals surface area contributed by atoms with Crippen LogP contribution in [0.5, 0.6) is 0 Å². The molecule has 1 N–H and O–H groups in total. The first-order valence-corrected chi connectivity index (χ1v) is 8.12. The second kappa shape index (κ2) is 6.75. The molecule has 142 valence electrons. The van der Waals surface area contributed by atoms with E-state index in [1.807, 2.05) is 0 Å². The first kappa shape index (κ1) is 18.4. The van der Waals surface area contributed by atoms with Gasteiger partial charge < -0.3 is 19.4 Å². The Morgan fingerprint density at radius 3 is 2.58 bits per heavy atom. The SMILES string of the molecule is Cc1cc(C[C@@H]2CN(c3cc(C(F)(F)F)nc(N(C)C)n3)C[C@@H]2O)on1. The van der Waals surface area contributed by atoms with Gasteiger partial charge in [-0.25, -0.2) is 4.98 Å². The monoisotopic (exact) mass is 371 g/mol. The fraction of sp³-hybridized carbons (Fsp3) is 0.562. The summed E-state index contributed by atoms with van der Waals surface area (Å²) in [4.78, 5) is 10.8. The zero-order valence-corrected chi connectivity index (χ0v) is 14.7. The van der Waals surface area contributed by atoms with E-state index in [4.69, 9.17) is 4.52 Å². The van der Waals surface area contributed by atoms with E-state index >= 15 is 0 Å². The van der Waals surface area contributed by atoms with Crippen molar-refractivity contribution >= 4 is 11.8 Å². The number of hydrogen-bond acceptors (Lipinski definition) is 7. The molecule has 1 saturated heterocycles. The highest BCUT2D eigenvalue weighted by Crippen LogP contribution is 2.33. The van der Waals surface area contributed by atoms with Gasteiger partial charge >= 0.3 is 6.18 Å². The molecule has 2 atom stereocenters. The quantitative estimate of drug-likeness (QED) is 0.879. The second-order valence-electron chi connectivity index (χ2n) is 6.67. The molecule has 0 aliphatic carbocycles. The Morgan fingerprint density at radius 2 is 2.00 bits per heavy atom. The van der Waals surface area contributed by atoms with E-state index in [2.05, 4.69) is 15.1 Å². The number of hydrogen-bond donors (Lipinski definition) is 1. The zero-order valence-electron chi connectivity index (χ0n) is 14.7. The first-order valence-electron chi connectivity index (χ1n) is 8.12. The smallest absolute Gasteiger partial charge is 0.391 e. The average molecular weight is 371 g/mol. The number of anilines is 2. The minimum Gasteiger partial charge on any atom is -0.391 e. The molecule has 2 aromatic rings. The molecular weight excluding hydrogens is 351 g/mol. The van der Waals surface area contributed by atoms with Crippen LogP contribution in [-0.2, 0) is 12.6 Å². The van der Waals surface area contributed by atoms with Gasteiger partial charge in [-0.2, -0.15) is 18.2 Å². The highest BCUT2D eigenvalue weighted by molar-refractivity contribution is 5.47. The number of halogens is 3. The Balaban J connectivity index is 1.83. The Kier molecular flexibility index (Phi) is 4.78. The van der Waals surface area contributed by atoms with E-state index in [0.717, 1.165) is 11.8 Å². The predicted octanol–water partition coefficient (Wildman–Crippen LogP) is 1.90. The number of alkyl halides is 3. The number of aliphatic hydroxyl groups excluding tert-OH is 1. The first-order chi connectivity index (χ1) is 12.1. The largest absolute Gasteiger partial charge is 0.433 e. The lowest BCUT2D eigenvalue weighted by Crippen LogP contribution is -2.25. The minimum atomic E-state index is -4.57. The van der Waals surface area contributed by atoms with E-state index in [0.29, 0.717) is 18.7 Å². The molecule has 0 bridgehead atoms. The van der Waals surface area contributed by atoms with Gasteiger partial charge in [0.2, 0.25) is 5.95 Å². The third-order valence-corrected chi connectivity index (χ3v) is 4.26. The fourth-order valence-electron chi connectivity index (χ4n) is 2.94. The minimum absolute atomic E-state index is 0.0291. The molecule has 1 aliphatic heterocycles. The Morgan fingerprint density at radius 1 is 1.27 bits per heavy atom. The Hall–Kier alpha value is -2.36. The molecule has 3 rings (SSSR count). The van der Waals surface area contributed by atoms with E-state index in [1.54, 1.807) is 32.0 Å². The highest BCUT2D eigenvalue weighted by Gasteiger charge is 2.37. The van der Waals surface area contributed by atoms with E-state index in [9.17, 15) is 18.3 Å². The van der Waals surface area contributed by atoms with Gasteiger partial charge in [0.1, 0.15) is 11.6 Å². The number of rotatable bonds is 4. The summed E-state index contributed by atoms with van der Waals surface area (Å²) in [5.41, 5.74) is -0.263. The van der Waals surface area contributed by atoms with E-state index in [-0.39, 0.29) is 24.2 Å². The molecular formula is C16H20F3N5O2. The maximum Gasteiger partial charge on any atom is 0.433 e. The second-order valence-corrected chi connectivity index (χ2v) is 6.67. The number of aromatic nitrogens is 3. The van der Waals surface area contributed by atoms with Crippen molar-refractivity contribution in [2.24, 2.45) is 5.92 Å². The van der Waals surface area contributed by atoms with Crippen LogP contribution >= 0.6 is 0 Å². The molecule has 26 heavy (non-hydrogen) atoms. The molecule has 10 heteroatoms. The zero-order chi connectivity index (χ0) is 19.1. The summed E-state index contributed by atoms with van der Waals surface area (Å²) in [5.74, 6) is 0.570. The van der Waals surface area contributed by atoms with Gasteiger partial charge in [-0.05, 0) is 6.92 Å². The van der Waals surface area contributed by atoms with Crippen molar-refractivity contribution in [2.75, 3.05) is 37.0 Å². The van der Waals surface area contributed by atoms with Crippen LogP contribution in [0.4, 0.5) is 24.9 Å².